The van der Waals surface area contributed by atoms with Crippen LogP contribution in [0.2, 0.25) is 0 Å². The maximum atomic E-state index is 5.67. The Bertz CT molecular complexity index is 817. The van der Waals surface area contributed by atoms with Crippen molar-refractivity contribution in [2.75, 3.05) is 6.54 Å². The summed E-state index contributed by atoms with van der Waals surface area (Å²) in [5.74, 6) is 4.43. The third-order valence-corrected chi connectivity index (χ3v) is 4.36. The van der Waals surface area contributed by atoms with Gasteiger partial charge in [0, 0.05) is 19.0 Å². The maximum Gasteiger partial charge on any atom is 0.283 e. The Balaban J connectivity index is 1.30. The number of nitrogens with zero attached hydrogens (tertiary/aromatic N) is 6. The Morgan fingerprint density at radius 2 is 2.09 bits per heavy atom. The third-order valence-electron chi connectivity index (χ3n) is 4.36. The van der Waals surface area contributed by atoms with Gasteiger partial charge in [-0.1, -0.05) is 0 Å². The van der Waals surface area contributed by atoms with Crippen molar-refractivity contribution in [2.24, 2.45) is 0 Å². The summed E-state index contributed by atoms with van der Waals surface area (Å²) >= 11 is 0. The van der Waals surface area contributed by atoms with Gasteiger partial charge in [-0.15, -0.1) is 20.4 Å². The van der Waals surface area contributed by atoms with E-state index in [0.29, 0.717) is 30.0 Å². The second kappa shape index (κ2) is 5.02. The standard InChI is InChI=1S/C15H16N6O2/c1-2-11(22-7-1)15-19-17-13(23-15)9-20-5-6-21-12(8-20)16-18-14(21)10-3-4-10/h1-2,7,10H,3-6,8-9H2. The second-order valence-electron chi connectivity index (χ2n) is 6.09. The van der Waals surface area contributed by atoms with Gasteiger partial charge in [0.25, 0.3) is 5.89 Å². The molecule has 2 aliphatic rings. The van der Waals surface area contributed by atoms with Gasteiger partial charge in [0.1, 0.15) is 11.6 Å². The van der Waals surface area contributed by atoms with Crippen molar-refractivity contribution < 1.29 is 8.83 Å². The van der Waals surface area contributed by atoms with Crippen molar-refractivity contribution in [3.05, 3.63) is 35.9 Å². The first-order valence-electron chi connectivity index (χ1n) is 7.87. The fourth-order valence-corrected chi connectivity index (χ4v) is 3.02. The molecule has 1 aliphatic heterocycles. The largest absolute Gasteiger partial charge is 0.459 e. The van der Waals surface area contributed by atoms with E-state index in [9.17, 15) is 0 Å². The molecule has 8 nitrogen and oxygen atoms in total. The number of furan rings is 1. The van der Waals surface area contributed by atoms with Crippen LogP contribution in [0.1, 0.15) is 36.3 Å². The van der Waals surface area contributed by atoms with E-state index in [2.05, 4.69) is 29.9 Å². The molecule has 0 N–H and O–H groups in total. The molecule has 1 aliphatic carbocycles. The molecule has 3 aromatic heterocycles. The summed E-state index contributed by atoms with van der Waals surface area (Å²) in [6.45, 7) is 3.23. The summed E-state index contributed by atoms with van der Waals surface area (Å²) in [6.07, 6.45) is 4.09. The first-order chi connectivity index (χ1) is 11.4. The summed E-state index contributed by atoms with van der Waals surface area (Å²) in [4.78, 5) is 2.25. The van der Waals surface area contributed by atoms with Crippen molar-refractivity contribution in [1.82, 2.24) is 29.9 Å². The van der Waals surface area contributed by atoms with Crippen LogP contribution in [-0.4, -0.2) is 36.4 Å². The molecule has 1 fully saturated rings. The van der Waals surface area contributed by atoms with E-state index < -0.39 is 0 Å². The van der Waals surface area contributed by atoms with Gasteiger partial charge in [-0.3, -0.25) is 4.90 Å². The van der Waals surface area contributed by atoms with Gasteiger partial charge >= 0.3 is 0 Å². The summed E-state index contributed by atoms with van der Waals surface area (Å²) in [6, 6.07) is 3.61. The van der Waals surface area contributed by atoms with Gasteiger partial charge in [-0.05, 0) is 25.0 Å². The van der Waals surface area contributed by atoms with E-state index in [1.165, 1.54) is 12.8 Å². The topological polar surface area (TPSA) is 86.0 Å². The van der Waals surface area contributed by atoms with E-state index in [0.717, 1.165) is 31.3 Å². The highest BCUT2D eigenvalue weighted by Crippen LogP contribution is 2.39. The quantitative estimate of drug-likeness (QED) is 0.726. The van der Waals surface area contributed by atoms with E-state index >= 15 is 0 Å². The Morgan fingerprint density at radius 1 is 1.13 bits per heavy atom. The fourth-order valence-electron chi connectivity index (χ4n) is 3.02. The Kier molecular flexibility index (Phi) is 2.84. The van der Waals surface area contributed by atoms with Crippen LogP contribution in [-0.2, 0) is 19.6 Å². The van der Waals surface area contributed by atoms with Crippen LogP contribution in [0.3, 0.4) is 0 Å². The van der Waals surface area contributed by atoms with Crippen molar-refractivity contribution in [3.8, 4) is 11.7 Å². The molecule has 23 heavy (non-hydrogen) atoms. The lowest BCUT2D eigenvalue weighted by Gasteiger charge is -2.26. The third kappa shape index (κ3) is 2.35. The highest BCUT2D eigenvalue weighted by molar-refractivity contribution is 5.42. The minimum atomic E-state index is 0.418. The number of fused-ring (bicyclic) bond motifs is 1. The summed E-state index contributed by atoms with van der Waals surface area (Å²) < 4.78 is 13.2. The lowest BCUT2D eigenvalue weighted by atomic mass is 10.3. The smallest absolute Gasteiger partial charge is 0.283 e. The SMILES string of the molecule is c1coc(-c2nnc(CN3CCn4c(nnc4C4CC4)C3)o2)c1. The van der Waals surface area contributed by atoms with Crippen LogP contribution in [0.5, 0.6) is 0 Å². The number of hydrogen-bond acceptors (Lipinski definition) is 7. The molecule has 0 saturated heterocycles. The minimum Gasteiger partial charge on any atom is -0.459 e. The predicted molar refractivity (Wildman–Crippen MR) is 78.1 cm³/mol. The molecule has 0 spiro atoms. The van der Waals surface area contributed by atoms with Crippen molar-refractivity contribution in [3.63, 3.8) is 0 Å². The monoisotopic (exact) mass is 312 g/mol. The molecule has 118 valence electrons. The Labute approximate surface area is 132 Å². The molecule has 5 rings (SSSR count). The van der Waals surface area contributed by atoms with Crippen LogP contribution in [0.4, 0.5) is 0 Å². The maximum absolute atomic E-state index is 5.67. The number of aromatic nitrogens is 5. The summed E-state index contributed by atoms with van der Waals surface area (Å²) in [7, 11) is 0. The molecule has 0 atom stereocenters. The van der Waals surface area contributed by atoms with Crippen LogP contribution < -0.4 is 0 Å². The second-order valence-corrected chi connectivity index (χ2v) is 6.09. The van der Waals surface area contributed by atoms with Crippen molar-refractivity contribution in [1.29, 1.82) is 0 Å². The zero-order valence-electron chi connectivity index (χ0n) is 12.6. The van der Waals surface area contributed by atoms with E-state index in [-0.39, 0.29) is 0 Å². The molecule has 1 saturated carbocycles. The molecule has 3 aromatic rings. The first kappa shape index (κ1) is 13.0. The van der Waals surface area contributed by atoms with Gasteiger partial charge in [0.05, 0.1) is 19.4 Å². The molecular weight excluding hydrogens is 296 g/mol. The van der Waals surface area contributed by atoms with Gasteiger partial charge in [0.15, 0.2) is 5.76 Å². The van der Waals surface area contributed by atoms with Gasteiger partial charge < -0.3 is 13.4 Å². The van der Waals surface area contributed by atoms with Crippen molar-refractivity contribution in [2.45, 2.75) is 38.4 Å². The highest BCUT2D eigenvalue weighted by atomic mass is 16.4. The Morgan fingerprint density at radius 3 is 2.91 bits per heavy atom. The molecule has 0 aromatic carbocycles. The first-order valence-corrected chi connectivity index (χ1v) is 7.87. The summed E-state index contributed by atoms with van der Waals surface area (Å²) in [5, 5.41) is 16.8. The normalized spacial score (nSPS) is 18.3. The number of hydrogen-bond donors (Lipinski definition) is 0. The molecule has 0 amide bonds. The van der Waals surface area contributed by atoms with Crippen LogP contribution in [0.15, 0.2) is 27.2 Å². The molecule has 0 unspecified atom stereocenters. The number of rotatable bonds is 4. The lowest BCUT2D eigenvalue weighted by molar-refractivity contribution is 0.189. The average molecular weight is 312 g/mol. The van der Waals surface area contributed by atoms with E-state index in [1.54, 1.807) is 18.4 Å². The highest BCUT2D eigenvalue weighted by Gasteiger charge is 2.32. The lowest BCUT2D eigenvalue weighted by Crippen LogP contribution is -2.34. The van der Waals surface area contributed by atoms with Crippen LogP contribution >= 0.6 is 0 Å². The van der Waals surface area contributed by atoms with Gasteiger partial charge in [-0.25, -0.2) is 0 Å². The molecule has 0 bridgehead atoms. The zero-order valence-corrected chi connectivity index (χ0v) is 12.6. The van der Waals surface area contributed by atoms with Crippen molar-refractivity contribution >= 4 is 0 Å². The van der Waals surface area contributed by atoms with Crippen LogP contribution in [0.25, 0.3) is 11.7 Å². The average Bonchev–Trinajstić information content (AvgIpc) is 2.99. The molecule has 8 heteroatoms. The van der Waals surface area contributed by atoms with Gasteiger partial charge in [-0.2, -0.15) is 0 Å². The molecule has 0 radical (unpaired) electrons. The predicted octanol–water partition coefficient (Wildman–Crippen LogP) is 1.81. The van der Waals surface area contributed by atoms with E-state index in [4.69, 9.17) is 8.83 Å². The Hall–Kier alpha value is -2.48. The summed E-state index contributed by atoms with van der Waals surface area (Å²) in [5.41, 5.74) is 0. The minimum absolute atomic E-state index is 0.418. The fraction of sp³-hybridized carbons (Fsp3) is 0.467. The molecule has 4 heterocycles. The van der Waals surface area contributed by atoms with Crippen LogP contribution in [0, 0.1) is 0 Å². The molecular formula is C15H16N6O2. The van der Waals surface area contributed by atoms with Gasteiger partial charge in [0.2, 0.25) is 5.89 Å². The van der Waals surface area contributed by atoms with E-state index in [1.807, 2.05) is 0 Å². The zero-order chi connectivity index (χ0) is 15.2.